The van der Waals surface area contributed by atoms with Gasteiger partial charge in [-0.15, -0.1) is 0 Å². The standard InChI is InChI=1S/C20H26F3N5O2/c1-13-10-14(24-7-3-4-17(29)27-30-2)12-28(11-13)16-6-5-15(20(21,22)23)18-19(16)26-9-8-25-18/h5-6,8-9,13-14,24H,3-4,7,10-12H2,1-2H3,(H,27,29)/t13-,14+/m0/s1. The molecule has 2 atom stereocenters. The molecular weight excluding hydrogens is 399 g/mol. The highest BCUT2D eigenvalue weighted by Gasteiger charge is 2.35. The summed E-state index contributed by atoms with van der Waals surface area (Å²) in [6.07, 6.45) is 0.178. The highest BCUT2D eigenvalue weighted by Crippen LogP contribution is 2.37. The monoisotopic (exact) mass is 425 g/mol. The molecule has 1 amide bonds. The lowest BCUT2D eigenvalue weighted by Crippen LogP contribution is -2.49. The van der Waals surface area contributed by atoms with Gasteiger partial charge in [-0.1, -0.05) is 6.92 Å². The number of hydroxylamine groups is 1. The van der Waals surface area contributed by atoms with E-state index in [1.165, 1.54) is 25.6 Å². The quantitative estimate of drug-likeness (QED) is 0.525. The molecule has 1 aromatic heterocycles. The number of hydrogen-bond donors (Lipinski definition) is 2. The third-order valence-corrected chi connectivity index (χ3v) is 5.14. The second-order valence-electron chi connectivity index (χ2n) is 7.61. The van der Waals surface area contributed by atoms with E-state index in [1.807, 2.05) is 0 Å². The number of piperidine rings is 1. The van der Waals surface area contributed by atoms with Crippen LogP contribution in [-0.4, -0.2) is 48.7 Å². The molecule has 2 heterocycles. The van der Waals surface area contributed by atoms with Gasteiger partial charge < -0.3 is 10.2 Å². The zero-order chi connectivity index (χ0) is 21.7. The lowest BCUT2D eigenvalue weighted by molar-refractivity contribution is -0.136. The van der Waals surface area contributed by atoms with Crippen LogP contribution in [0.2, 0.25) is 0 Å². The molecule has 1 fully saturated rings. The summed E-state index contributed by atoms with van der Waals surface area (Å²) in [5.74, 6) is 0.176. The molecule has 0 spiro atoms. The zero-order valence-corrected chi connectivity index (χ0v) is 17.0. The molecular formula is C20H26F3N5O2. The van der Waals surface area contributed by atoms with Crippen LogP contribution in [0.25, 0.3) is 11.0 Å². The minimum absolute atomic E-state index is 0.130. The van der Waals surface area contributed by atoms with Crippen LogP contribution in [0.15, 0.2) is 24.5 Å². The molecule has 1 aliphatic rings. The summed E-state index contributed by atoms with van der Waals surface area (Å²) < 4.78 is 40.1. The van der Waals surface area contributed by atoms with Crippen LogP contribution >= 0.6 is 0 Å². The highest BCUT2D eigenvalue weighted by atomic mass is 19.4. The summed E-state index contributed by atoms with van der Waals surface area (Å²) in [4.78, 5) is 26.3. The number of halogens is 3. The van der Waals surface area contributed by atoms with Crippen molar-refractivity contribution in [2.24, 2.45) is 5.92 Å². The van der Waals surface area contributed by atoms with Crippen molar-refractivity contribution in [1.82, 2.24) is 20.8 Å². The predicted octanol–water partition coefficient (Wildman–Crippen LogP) is 2.91. The summed E-state index contributed by atoms with van der Waals surface area (Å²) in [6, 6.07) is 2.74. The van der Waals surface area contributed by atoms with Crippen molar-refractivity contribution in [3.63, 3.8) is 0 Å². The predicted molar refractivity (Wildman–Crippen MR) is 107 cm³/mol. The van der Waals surface area contributed by atoms with Gasteiger partial charge in [0.1, 0.15) is 11.0 Å². The third-order valence-electron chi connectivity index (χ3n) is 5.14. The molecule has 1 aromatic carbocycles. The van der Waals surface area contributed by atoms with Gasteiger partial charge in [-0.3, -0.25) is 19.6 Å². The van der Waals surface area contributed by atoms with Crippen LogP contribution in [-0.2, 0) is 15.8 Å². The van der Waals surface area contributed by atoms with Crippen molar-refractivity contribution in [2.75, 3.05) is 31.6 Å². The van der Waals surface area contributed by atoms with Crippen molar-refractivity contribution in [1.29, 1.82) is 0 Å². The molecule has 1 aliphatic heterocycles. The Morgan fingerprint density at radius 1 is 1.23 bits per heavy atom. The van der Waals surface area contributed by atoms with Gasteiger partial charge in [0.05, 0.1) is 18.4 Å². The van der Waals surface area contributed by atoms with E-state index in [4.69, 9.17) is 0 Å². The number of anilines is 1. The Balaban J connectivity index is 1.73. The molecule has 3 rings (SSSR count). The number of fused-ring (bicyclic) bond motifs is 1. The fourth-order valence-corrected chi connectivity index (χ4v) is 3.94. The van der Waals surface area contributed by atoms with E-state index in [2.05, 4.69) is 37.4 Å². The Labute approximate surface area is 173 Å². The van der Waals surface area contributed by atoms with Gasteiger partial charge in [0.25, 0.3) is 0 Å². The van der Waals surface area contributed by atoms with Crippen molar-refractivity contribution in [3.05, 3.63) is 30.1 Å². The SMILES string of the molecule is CONC(=O)CCCN[C@@H]1C[C@H](C)CN(c2ccc(C(F)(F)F)c3nccnc23)C1. The fraction of sp³-hybridized carbons (Fsp3) is 0.550. The van der Waals surface area contributed by atoms with Gasteiger partial charge in [0.15, 0.2) is 0 Å². The summed E-state index contributed by atoms with van der Waals surface area (Å²) in [5, 5.41) is 3.45. The second-order valence-corrected chi connectivity index (χ2v) is 7.61. The lowest BCUT2D eigenvalue weighted by Gasteiger charge is -2.38. The number of benzene rings is 1. The number of alkyl halides is 3. The van der Waals surface area contributed by atoms with Gasteiger partial charge in [-0.2, -0.15) is 13.2 Å². The van der Waals surface area contributed by atoms with E-state index >= 15 is 0 Å². The maximum absolute atomic E-state index is 13.4. The van der Waals surface area contributed by atoms with Crippen LogP contribution in [0.1, 0.15) is 31.7 Å². The Hall–Kier alpha value is -2.46. The smallest absolute Gasteiger partial charge is 0.368 e. The van der Waals surface area contributed by atoms with Gasteiger partial charge >= 0.3 is 6.18 Å². The Morgan fingerprint density at radius 2 is 1.97 bits per heavy atom. The fourth-order valence-electron chi connectivity index (χ4n) is 3.94. The van der Waals surface area contributed by atoms with Crippen molar-refractivity contribution in [3.8, 4) is 0 Å². The Bertz CT molecular complexity index is 877. The van der Waals surface area contributed by atoms with Crippen LogP contribution < -0.4 is 15.7 Å². The van der Waals surface area contributed by atoms with Crippen LogP contribution in [0.4, 0.5) is 18.9 Å². The highest BCUT2D eigenvalue weighted by molar-refractivity contribution is 5.90. The van der Waals surface area contributed by atoms with E-state index in [0.717, 1.165) is 19.0 Å². The van der Waals surface area contributed by atoms with E-state index in [1.54, 1.807) is 0 Å². The average Bonchev–Trinajstić information content (AvgIpc) is 2.69. The number of rotatable bonds is 7. The van der Waals surface area contributed by atoms with Crippen molar-refractivity contribution >= 4 is 22.6 Å². The summed E-state index contributed by atoms with van der Waals surface area (Å²) in [5.41, 5.74) is 2.30. The average molecular weight is 425 g/mol. The molecule has 0 saturated carbocycles. The minimum atomic E-state index is -4.48. The van der Waals surface area contributed by atoms with Gasteiger partial charge in [0, 0.05) is 37.9 Å². The number of nitrogens with zero attached hydrogens (tertiary/aromatic N) is 3. The molecule has 0 bridgehead atoms. The summed E-state index contributed by atoms with van der Waals surface area (Å²) in [7, 11) is 1.39. The van der Waals surface area contributed by atoms with Crippen LogP contribution in [0.3, 0.4) is 0 Å². The molecule has 2 N–H and O–H groups in total. The zero-order valence-electron chi connectivity index (χ0n) is 17.0. The third kappa shape index (κ3) is 5.37. The molecule has 0 unspecified atom stereocenters. The van der Waals surface area contributed by atoms with Gasteiger partial charge in [0.2, 0.25) is 5.91 Å². The number of nitrogens with one attached hydrogen (secondary N) is 2. The Morgan fingerprint density at radius 3 is 2.67 bits per heavy atom. The molecule has 30 heavy (non-hydrogen) atoms. The molecule has 1 saturated heterocycles. The maximum atomic E-state index is 13.4. The first kappa shape index (κ1) is 22.2. The topological polar surface area (TPSA) is 79.4 Å². The normalized spacial score (nSPS) is 19.8. The van der Waals surface area contributed by atoms with E-state index < -0.39 is 11.7 Å². The summed E-state index contributed by atoms with van der Waals surface area (Å²) >= 11 is 0. The molecule has 0 radical (unpaired) electrons. The number of carbonyl (C=O) groups excluding carboxylic acids is 1. The number of carbonyl (C=O) groups is 1. The molecule has 7 nitrogen and oxygen atoms in total. The first-order valence-electron chi connectivity index (χ1n) is 9.90. The minimum Gasteiger partial charge on any atom is -0.368 e. The van der Waals surface area contributed by atoms with E-state index in [-0.39, 0.29) is 23.0 Å². The Kier molecular flexibility index (Phi) is 7.09. The van der Waals surface area contributed by atoms with Crippen molar-refractivity contribution < 1.29 is 22.8 Å². The maximum Gasteiger partial charge on any atom is 0.418 e. The van der Waals surface area contributed by atoms with E-state index in [0.29, 0.717) is 37.5 Å². The van der Waals surface area contributed by atoms with E-state index in [9.17, 15) is 18.0 Å². The number of amides is 1. The van der Waals surface area contributed by atoms with Gasteiger partial charge in [-0.05, 0) is 37.4 Å². The van der Waals surface area contributed by atoms with Gasteiger partial charge in [-0.25, -0.2) is 5.48 Å². The lowest BCUT2D eigenvalue weighted by atomic mass is 9.95. The molecule has 2 aromatic rings. The number of aromatic nitrogens is 2. The summed E-state index contributed by atoms with van der Waals surface area (Å²) in [6.45, 7) is 4.15. The first-order valence-corrected chi connectivity index (χ1v) is 9.90. The van der Waals surface area contributed by atoms with Crippen LogP contribution in [0, 0.1) is 5.92 Å². The molecule has 164 valence electrons. The van der Waals surface area contributed by atoms with Crippen molar-refractivity contribution in [2.45, 2.75) is 38.4 Å². The molecule has 0 aliphatic carbocycles. The van der Waals surface area contributed by atoms with Crippen LogP contribution in [0.5, 0.6) is 0 Å². The first-order chi connectivity index (χ1) is 14.3. The second kappa shape index (κ2) is 9.57. The number of hydrogen-bond acceptors (Lipinski definition) is 6. The largest absolute Gasteiger partial charge is 0.418 e. The molecule has 10 heteroatoms.